The van der Waals surface area contributed by atoms with Crippen molar-refractivity contribution in [2.24, 2.45) is 0 Å². The zero-order valence-electron chi connectivity index (χ0n) is 10.0. The standard InChI is InChI=1S/C12H14N2O2S/c1-8-4-5-13-9(6-8)11-14-10(7-17-11)12(15-2)16-3/h4-7,12H,1-3H3. The maximum Gasteiger partial charge on any atom is 0.201 e. The van der Waals surface area contributed by atoms with Crippen molar-refractivity contribution >= 4 is 11.3 Å². The Balaban J connectivity index is 2.29. The van der Waals surface area contributed by atoms with E-state index >= 15 is 0 Å². The minimum Gasteiger partial charge on any atom is -0.350 e. The average Bonchev–Trinajstić information content (AvgIpc) is 2.80. The van der Waals surface area contributed by atoms with E-state index in [4.69, 9.17) is 9.47 Å². The highest BCUT2D eigenvalue weighted by Crippen LogP contribution is 2.26. The molecule has 17 heavy (non-hydrogen) atoms. The van der Waals surface area contributed by atoms with Crippen LogP contribution in [-0.4, -0.2) is 24.2 Å². The van der Waals surface area contributed by atoms with Crippen LogP contribution in [0.3, 0.4) is 0 Å². The number of nitrogens with zero attached hydrogens (tertiary/aromatic N) is 2. The predicted octanol–water partition coefficient (Wildman–Crippen LogP) is 2.80. The van der Waals surface area contributed by atoms with Crippen LogP contribution in [0.25, 0.3) is 10.7 Å². The Bertz CT molecular complexity index is 495. The molecular formula is C12H14N2O2S. The molecule has 0 amide bonds. The fraction of sp³-hybridized carbons (Fsp3) is 0.333. The monoisotopic (exact) mass is 250 g/mol. The fourth-order valence-corrected chi connectivity index (χ4v) is 2.29. The number of pyridine rings is 1. The quantitative estimate of drug-likeness (QED) is 0.783. The van der Waals surface area contributed by atoms with E-state index in [1.165, 1.54) is 16.9 Å². The first-order chi connectivity index (χ1) is 8.24. The molecular weight excluding hydrogens is 236 g/mol. The zero-order chi connectivity index (χ0) is 12.3. The molecule has 90 valence electrons. The third-order valence-corrected chi connectivity index (χ3v) is 3.21. The number of aromatic nitrogens is 2. The number of thiazole rings is 1. The Kier molecular flexibility index (Phi) is 3.83. The first-order valence-corrected chi connectivity index (χ1v) is 6.06. The summed E-state index contributed by atoms with van der Waals surface area (Å²) in [5.74, 6) is 0. The maximum absolute atomic E-state index is 5.16. The van der Waals surface area contributed by atoms with Gasteiger partial charge in [0.2, 0.25) is 6.29 Å². The molecule has 2 heterocycles. The molecule has 4 nitrogen and oxygen atoms in total. The minimum absolute atomic E-state index is 0.412. The number of rotatable bonds is 4. The minimum atomic E-state index is -0.412. The maximum atomic E-state index is 5.16. The predicted molar refractivity (Wildman–Crippen MR) is 66.8 cm³/mol. The van der Waals surface area contributed by atoms with Crippen molar-refractivity contribution in [3.8, 4) is 10.7 Å². The van der Waals surface area contributed by atoms with Gasteiger partial charge in [-0.25, -0.2) is 4.98 Å². The van der Waals surface area contributed by atoms with Crippen LogP contribution in [0.5, 0.6) is 0 Å². The number of hydrogen-bond acceptors (Lipinski definition) is 5. The van der Waals surface area contributed by atoms with Gasteiger partial charge in [-0.15, -0.1) is 11.3 Å². The van der Waals surface area contributed by atoms with E-state index in [1.807, 2.05) is 24.4 Å². The van der Waals surface area contributed by atoms with Crippen molar-refractivity contribution in [2.45, 2.75) is 13.2 Å². The Morgan fingerprint density at radius 3 is 2.71 bits per heavy atom. The first-order valence-electron chi connectivity index (χ1n) is 5.18. The van der Waals surface area contributed by atoms with E-state index in [2.05, 4.69) is 9.97 Å². The summed E-state index contributed by atoms with van der Waals surface area (Å²) in [6.45, 7) is 2.03. The molecule has 0 radical (unpaired) electrons. The second kappa shape index (κ2) is 5.35. The molecule has 0 aliphatic rings. The van der Waals surface area contributed by atoms with E-state index in [1.54, 1.807) is 20.4 Å². The first kappa shape index (κ1) is 12.2. The molecule has 2 rings (SSSR count). The van der Waals surface area contributed by atoms with Gasteiger partial charge in [-0.3, -0.25) is 4.98 Å². The molecule has 0 fully saturated rings. The summed E-state index contributed by atoms with van der Waals surface area (Å²) in [5, 5.41) is 2.81. The van der Waals surface area contributed by atoms with Crippen molar-refractivity contribution < 1.29 is 9.47 Å². The Labute approximate surface area is 104 Å². The Hall–Kier alpha value is -1.30. The van der Waals surface area contributed by atoms with Gasteiger partial charge < -0.3 is 9.47 Å². The smallest absolute Gasteiger partial charge is 0.201 e. The highest BCUT2D eigenvalue weighted by atomic mass is 32.1. The summed E-state index contributed by atoms with van der Waals surface area (Å²) in [6, 6.07) is 3.97. The van der Waals surface area contributed by atoms with Gasteiger partial charge in [0.1, 0.15) is 10.7 Å². The second-order valence-corrected chi connectivity index (χ2v) is 4.46. The van der Waals surface area contributed by atoms with Gasteiger partial charge in [-0.1, -0.05) is 0 Å². The molecule has 2 aromatic heterocycles. The van der Waals surface area contributed by atoms with Crippen molar-refractivity contribution in [3.63, 3.8) is 0 Å². The van der Waals surface area contributed by atoms with Crippen LogP contribution >= 0.6 is 11.3 Å². The molecule has 0 bridgehead atoms. The molecule has 0 spiro atoms. The molecule has 0 aromatic carbocycles. The normalized spacial score (nSPS) is 11.1. The molecule has 0 saturated heterocycles. The van der Waals surface area contributed by atoms with Crippen molar-refractivity contribution in [2.75, 3.05) is 14.2 Å². The summed E-state index contributed by atoms with van der Waals surface area (Å²) in [6.07, 6.45) is 1.38. The molecule has 0 aliphatic carbocycles. The number of methoxy groups -OCH3 is 2. The number of aryl methyl sites for hydroxylation is 1. The SMILES string of the molecule is COC(OC)c1csc(-c2cc(C)ccn2)n1. The largest absolute Gasteiger partial charge is 0.350 e. The van der Waals surface area contributed by atoms with Gasteiger partial charge >= 0.3 is 0 Å². The second-order valence-electron chi connectivity index (χ2n) is 3.60. The molecule has 5 heteroatoms. The van der Waals surface area contributed by atoms with Gasteiger partial charge in [0.05, 0.1) is 5.69 Å². The molecule has 2 aromatic rings. The van der Waals surface area contributed by atoms with Gasteiger partial charge in [0, 0.05) is 25.8 Å². The summed E-state index contributed by atoms with van der Waals surface area (Å²) in [5.41, 5.74) is 2.83. The van der Waals surface area contributed by atoms with E-state index in [-0.39, 0.29) is 0 Å². The van der Waals surface area contributed by atoms with Crippen LogP contribution in [-0.2, 0) is 9.47 Å². The lowest BCUT2D eigenvalue weighted by atomic mass is 10.2. The summed E-state index contributed by atoms with van der Waals surface area (Å²) >= 11 is 1.54. The lowest BCUT2D eigenvalue weighted by molar-refractivity contribution is -0.108. The Morgan fingerprint density at radius 2 is 2.06 bits per heavy atom. The third-order valence-electron chi connectivity index (χ3n) is 2.33. The van der Waals surface area contributed by atoms with E-state index in [0.29, 0.717) is 0 Å². The fourth-order valence-electron chi connectivity index (χ4n) is 1.50. The van der Waals surface area contributed by atoms with E-state index in [0.717, 1.165) is 16.4 Å². The van der Waals surface area contributed by atoms with Crippen LogP contribution in [0.4, 0.5) is 0 Å². The molecule has 0 N–H and O–H groups in total. The van der Waals surface area contributed by atoms with Crippen molar-refractivity contribution in [1.29, 1.82) is 0 Å². The molecule has 0 unspecified atom stereocenters. The summed E-state index contributed by atoms with van der Waals surface area (Å²) in [4.78, 5) is 8.77. The van der Waals surface area contributed by atoms with E-state index in [9.17, 15) is 0 Å². The molecule has 0 atom stereocenters. The van der Waals surface area contributed by atoms with Crippen LogP contribution in [0, 0.1) is 6.92 Å². The van der Waals surface area contributed by atoms with Crippen LogP contribution < -0.4 is 0 Å². The van der Waals surface area contributed by atoms with Crippen molar-refractivity contribution in [3.05, 3.63) is 35.0 Å². The van der Waals surface area contributed by atoms with Gasteiger partial charge in [-0.05, 0) is 24.6 Å². The van der Waals surface area contributed by atoms with Gasteiger partial charge in [-0.2, -0.15) is 0 Å². The Morgan fingerprint density at radius 1 is 1.29 bits per heavy atom. The third kappa shape index (κ3) is 2.69. The van der Waals surface area contributed by atoms with Crippen LogP contribution in [0.2, 0.25) is 0 Å². The lowest BCUT2D eigenvalue weighted by Gasteiger charge is -2.09. The topological polar surface area (TPSA) is 44.2 Å². The van der Waals surface area contributed by atoms with Crippen LogP contribution in [0.15, 0.2) is 23.7 Å². The highest BCUT2D eigenvalue weighted by molar-refractivity contribution is 7.13. The van der Waals surface area contributed by atoms with E-state index < -0.39 is 6.29 Å². The van der Waals surface area contributed by atoms with Crippen LogP contribution in [0.1, 0.15) is 17.5 Å². The number of hydrogen-bond donors (Lipinski definition) is 0. The zero-order valence-corrected chi connectivity index (χ0v) is 10.8. The molecule has 0 aliphatic heterocycles. The summed E-state index contributed by atoms with van der Waals surface area (Å²) in [7, 11) is 3.19. The highest BCUT2D eigenvalue weighted by Gasteiger charge is 2.14. The van der Waals surface area contributed by atoms with Gasteiger partial charge in [0.25, 0.3) is 0 Å². The van der Waals surface area contributed by atoms with Gasteiger partial charge in [0.15, 0.2) is 0 Å². The summed E-state index contributed by atoms with van der Waals surface area (Å²) < 4.78 is 10.3. The van der Waals surface area contributed by atoms with Crippen molar-refractivity contribution in [1.82, 2.24) is 9.97 Å². The molecule has 0 saturated carbocycles. The average molecular weight is 250 g/mol. The lowest BCUT2D eigenvalue weighted by Crippen LogP contribution is -2.03. The number of ether oxygens (including phenoxy) is 2.